The van der Waals surface area contributed by atoms with Gasteiger partial charge in [0.25, 0.3) is 0 Å². The largest absolute Gasteiger partial charge is 0.379 e. The molecule has 0 bridgehead atoms. The molecular formula is C6H15NO2. The van der Waals surface area contributed by atoms with Crippen LogP contribution in [0.2, 0.25) is 0 Å². The van der Waals surface area contributed by atoms with Crippen LogP contribution in [0.4, 0.5) is 0 Å². The van der Waals surface area contributed by atoms with Gasteiger partial charge in [0.05, 0.1) is 12.7 Å². The van der Waals surface area contributed by atoms with E-state index >= 15 is 0 Å². The molecule has 0 rings (SSSR count). The number of hydrogen-bond acceptors (Lipinski definition) is 3. The Morgan fingerprint density at radius 1 is 1.33 bits per heavy atom. The number of hydrogen-bond donors (Lipinski definition) is 1. The van der Waals surface area contributed by atoms with Crippen LogP contribution in [0, 0.1) is 0 Å². The Morgan fingerprint density at radius 2 is 2.00 bits per heavy atom. The van der Waals surface area contributed by atoms with E-state index in [0.29, 0.717) is 12.7 Å². The normalized spacial score (nSPS) is 10.7. The Balaban J connectivity index is 2.75. The van der Waals surface area contributed by atoms with Crippen LogP contribution >= 0.6 is 0 Å². The molecule has 0 aromatic heterocycles. The first-order valence-corrected chi connectivity index (χ1v) is 3.20. The van der Waals surface area contributed by atoms with Crippen molar-refractivity contribution in [1.29, 1.82) is 0 Å². The topological polar surface area (TPSA) is 44.5 Å². The molecule has 56 valence electrons. The van der Waals surface area contributed by atoms with E-state index in [2.05, 4.69) is 4.84 Å². The molecule has 0 atom stereocenters. The summed E-state index contributed by atoms with van der Waals surface area (Å²) in [5, 5.41) is 0. The van der Waals surface area contributed by atoms with Crippen molar-refractivity contribution in [2.24, 2.45) is 5.90 Å². The Kier molecular flexibility index (Phi) is 5.93. The van der Waals surface area contributed by atoms with Crippen molar-refractivity contribution < 1.29 is 9.57 Å². The van der Waals surface area contributed by atoms with Gasteiger partial charge in [0.15, 0.2) is 0 Å². The Labute approximate surface area is 56.1 Å². The van der Waals surface area contributed by atoms with Crippen molar-refractivity contribution in [3.05, 3.63) is 0 Å². The zero-order valence-corrected chi connectivity index (χ0v) is 6.09. The predicted molar refractivity (Wildman–Crippen MR) is 35.8 cm³/mol. The lowest BCUT2D eigenvalue weighted by atomic mass is 10.4. The van der Waals surface area contributed by atoms with E-state index in [1.165, 1.54) is 0 Å². The lowest BCUT2D eigenvalue weighted by Crippen LogP contribution is -2.08. The van der Waals surface area contributed by atoms with Crippen LogP contribution < -0.4 is 5.90 Å². The average molecular weight is 133 g/mol. The lowest BCUT2D eigenvalue weighted by molar-refractivity contribution is 0.0514. The van der Waals surface area contributed by atoms with Gasteiger partial charge >= 0.3 is 0 Å². The second-order valence-corrected chi connectivity index (χ2v) is 2.14. The maximum absolute atomic E-state index is 5.21. The smallest absolute Gasteiger partial charge is 0.0701 e. The van der Waals surface area contributed by atoms with Crippen LogP contribution in [0.1, 0.15) is 20.3 Å². The standard InChI is InChI=1S/C6H15NO2/c1-6(2)8-4-3-5-9-7/h6H,3-5,7H2,1-2H3. The average Bonchev–Trinajstić information content (AvgIpc) is 1.80. The minimum Gasteiger partial charge on any atom is -0.379 e. The summed E-state index contributed by atoms with van der Waals surface area (Å²) in [6, 6.07) is 0. The maximum atomic E-state index is 5.21. The van der Waals surface area contributed by atoms with Crippen molar-refractivity contribution in [2.75, 3.05) is 13.2 Å². The first kappa shape index (κ1) is 8.88. The van der Waals surface area contributed by atoms with Gasteiger partial charge in [0, 0.05) is 6.61 Å². The van der Waals surface area contributed by atoms with E-state index in [0.717, 1.165) is 13.0 Å². The van der Waals surface area contributed by atoms with Crippen molar-refractivity contribution >= 4 is 0 Å². The molecule has 0 aliphatic carbocycles. The molecule has 3 heteroatoms. The van der Waals surface area contributed by atoms with Gasteiger partial charge in [-0.3, -0.25) is 0 Å². The molecule has 0 spiro atoms. The monoisotopic (exact) mass is 133 g/mol. The fraction of sp³-hybridized carbons (Fsp3) is 1.00. The van der Waals surface area contributed by atoms with Crippen LogP contribution in [0.3, 0.4) is 0 Å². The minimum atomic E-state index is 0.308. The third kappa shape index (κ3) is 7.88. The van der Waals surface area contributed by atoms with E-state index in [1.807, 2.05) is 13.8 Å². The predicted octanol–water partition coefficient (Wildman–Crippen LogP) is 0.692. The van der Waals surface area contributed by atoms with E-state index in [1.54, 1.807) is 0 Å². The lowest BCUT2D eigenvalue weighted by Gasteiger charge is -2.05. The van der Waals surface area contributed by atoms with E-state index in [9.17, 15) is 0 Å². The van der Waals surface area contributed by atoms with Gasteiger partial charge in [-0.25, -0.2) is 5.90 Å². The molecule has 0 fully saturated rings. The highest BCUT2D eigenvalue weighted by Gasteiger charge is 1.91. The molecule has 0 aromatic carbocycles. The van der Waals surface area contributed by atoms with E-state index < -0.39 is 0 Å². The van der Waals surface area contributed by atoms with E-state index in [4.69, 9.17) is 10.6 Å². The van der Waals surface area contributed by atoms with Crippen LogP contribution in [-0.2, 0) is 9.57 Å². The van der Waals surface area contributed by atoms with Gasteiger partial charge in [-0.1, -0.05) is 0 Å². The summed E-state index contributed by atoms with van der Waals surface area (Å²) in [4.78, 5) is 4.34. The molecule has 9 heavy (non-hydrogen) atoms. The Morgan fingerprint density at radius 3 is 2.44 bits per heavy atom. The first-order valence-electron chi connectivity index (χ1n) is 3.20. The summed E-state index contributed by atoms with van der Waals surface area (Å²) >= 11 is 0. The van der Waals surface area contributed by atoms with Crippen molar-refractivity contribution in [3.8, 4) is 0 Å². The van der Waals surface area contributed by atoms with Crippen molar-refractivity contribution in [3.63, 3.8) is 0 Å². The molecule has 0 radical (unpaired) electrons. The molecule has 0 aliphatic heterocycles. The summed E-state index contributed by atoms with van der Waals surface area (Å²) in [5.41, 5.74) is 0. The summed E-state index contributed by atoms with van der Waals surface area (Å²) in [6.45, 7) is 5.31. The number of rotatable bonds is 5. The van der Waals surface area contributed by atoms with Gasteiger partial charge in [-0.2, -0.15) is 0 Å². The minimum absolute atomic E-state index is 0.308. The fourth-order valence-corrected chi connectivity index (χ4v) is 0.461. The fourth-order valence-electron chi connectivity index (χ4n) is 0.461. The zero-order valence-electron chi connectivity index (χ0n) is 6.09. The molecule has 0 unspecified atom stereocenters. The van der Waals surface area contributed by atoms with Gasteiger partial charge in [0.1, 0.15) is 0 Å². The highest BCUT2D eigenvalue weighted by atomic mass is 16.6. The summed E-state index contributed by atoms with van der Waals surface area (Å²) in [5.74, 6) is 4.79. The zero-order chi connectivity index (χ0) is 7.11. The molecule has 0 amide bonds. The maximum Gasteiger partial charge on any atom is 0.0701 e. The van der Waals surface area contributed by atoms with Crippen molar-refractivity contribution in [2.45, 2.75) is 26.4 Å². The molecule has 0 saturated heterocycles. The van der Waals surface area contributed by atoms with Gasteiger partial charge in [0.2, 0.25) is 0 Å². The summed E-state index contributed by atoms with van der Waals surface area (Å²) in [7, 11) is 0. The molecule has 0 heterocycles. The SMILES string of the molecule is CC(C)OCCCON. The van der Waals surface area contributed by atoms with Crippen LogP contribution in [0.25, 0.3) is 0 Å². The second kappa shape index (κ2) is 6.01. The van der Waals surface area contributed by atoms with E-state index in [-0.39, 0.29) is 0 Å². The van der Waals surface area contributed by atoms with Gasteiger partial charge in [-0.05, 0) is 20.3 Å². The molecular weight excluding hydrogens is 118 g/mol. The van der Waals surface area contributed by atoms with Crippen LogP contribution in [0.15, 0.2) is 0 Å². The van der Waals surface area contributed by atoms with Crippen LogP contribution in [-0.4, -0.2) is 19.3 Å². The quantitative estimate of drug-likeness (QED) is 0.443. The third-order valence-electron chi connectivity index (χ3n) is 0.858. The van der Waals surface area contributed by atoms with Gasteiger partial charge in [-0.15, -0.1) is 0 Å². The summed E-state index contributed by atoms with van der Waals surface area (Å²) in [6.07, 6.45) is 1.18. The second-order valence-electron chi connectivity index (χ2n) is 2.14. The molecule has 2 N–H and O–H groups in total. The number of nitrogens with two attached hydrogens (primary N) is 1. The van der Waals surface area contributed by atoms with Crippen molar-refractivity contribution in [1.82, 2.24) is 0 Å². The van der Waals surface area contributed by atoms with Crippen LogP contribution in [0.5, 0.6) is 0 Å². The number of ether oxygens (including phenoxy) is 1. The first-order chi connectivity index (χ1) is 4.27. The molecule has 3 nitrogen and oxygen atoms in total. The molecule has 0 aliphatic rings. The third-order valence-corrected chi connectivity index (χ3v) is 0.858. The summed E-state index contributed by atoms with van der Waals surface area (Å²) < 4.78 is 5.21. The highest BCUT2D eigenvalue weighted by Crippen LogP contribution is 1.89. The Hall–Kier alpha value is -0.120. The molecule has 0 aromatic rings. The molecule has 0 saturated carbocycles. The van der Waals surface area contributed by atoms with Gasteiger partial charge < -0.3 is 9.57 Å². The Bertz CT molecular complexity index is 57.0. The highest BCUT2D eigenvalue weighted by molar-refractivity contribution is 4.37.